The zero-order valence-electron chi connectivity index (χ0n) is 17.1. The van der Waals surface area contributed by atoms with Crippen LogP contribution in [-0.4, -0.2) is 39.9 Å². The summed E-state index contributed by atoms with van der Waals surface area (Å²) in [5, 5.41) is 1.03. The number of rotatable bonds is 10. The second-order valence-electron chi connectivity index (χ2n) is 7.57. The highest BCUT2D eigenvalue weighted by Gasteiger charge is 2.25. The first-order valence-electron chi connectivity index (χ1n) is 9.92. The summed E-state index contributed by atoms with van der Waals surface area (Å²) in [6.45, 7) is 9.22. The van der Waals surface area contributed by atoms with Crippen LogP contribution in [-0.2, 0) is 22.6 Å². The number of fused-ring (bicyclic) bond motifs is 3. The molecule has 152 valence electrons. The monoisotopic (exact) mass is 385 g/mol. The molecule has 0 saturated heterocycles. The van der Waals surface area contributed by atoms with Crippen LogP contribution in [0.1, 0.15) is 39.4 Å². The maximum atomic E-state index is 6.24. The zero-order chi connectivity index (χ0) is 20.1. The first kappa shape index (κ1) is 20.5. The molecule has 0 fully saturated rings. The maximum Gasteiger partial charge on any atom is 0.152 e. The largest absolute Gasteiger partial charge is 0.382 e. The van der Waals surface area contributed by atoms with E-state index in [1.165, 1.54) is 0 Å². The Labute approximate surface area is 166 Å². The highest BCUT2D eigenvalue weighted by Crippen LogP contribution is 2.30. The number of aromatic nitrogens is 3. The first-order chi connectivity index (χ1) is 13.5. The van der Waals surface area contributed by atoms with Crippen LogP contribution in [0.2, 0.25) is 0 Å². The van der Waals surface area contributed by atoms with Gasteiger partial charge in [0.1, 0.15) is 17.9 Å². The molecule has 0 aliphatic carbocycles. The molecule has 0 aliphatic heterocycles. The molecule has 0 radical (unpaired) electrons. The highest BCUT2D eigenvalue weighted by molar-refractivity contribution is 6.06. The van der Waals surface area contributed by atoms with Crippen molar-refractivity contribution in [3.8, 4) is 0 Å². The Morgan fingerprint density at radius 1 is 1.14 bits per heavy atom. The van der Waals surface area contributed by atoms with Crippen molar-refractivity contribution in [2.45, 2.75) is 52.4 Å². The van der Waals surface area contributed by atoms with E-state index in [1.54, 1.807) is 0 Å². The molecule has 0 spiro atoms. The van der Waals surface area contributed by atoms with Crippen LogP contribution in [0.4, 0.5) is 5.82 Å². The number of anilines is 1. The summed E-state index contributed by atoms with van der Waals surface area (Å²) in [5.41, 5.74) is 14.0. The second-order valence-corrected chi connectivity index (χ2v) is 7.57. The van der Waals surface area contributed by atoms with Gasteiger partial charge in [0.25, 0.3) is 0 Å². The third-order valence-corrected chi connectivity index (χ3v) is 4.75. The standard InChI is InChI=1S/C21H31N5O2/c1-4-27-13-17-25-18-19(15-9-5-6-10-16(15)24-20(18)23)26(17)14-21(2,3)28-12-8-7-11-22/h5-6,9-10H,4,7-8,11-14,22H2,1-3H3,(H2,23,24). The predicted molar refractivity (Wildman–Crippen MR) is 113 cm³/mol. The topological polar surface area (TPSA) is 101 Å². The number of pyridine rings is 1. The van der Waals surface area contributed by atoms with Gasteiger partial charge in [-0.1, -0.05) is 18.2 Å². The molecule has 0 atom stereocenters. The normalized spacial score (nSPS) is 12.3. The lowest BCUT2D eigenvalue weighted by Crippen LogP contribution is -2.32. The van der Waals surface area contributed by atoms with Gasteiger partial charge < -0.3 is 25.5 Å². The van der Waals surface area contributed by atoms with Crippen molar-refractivity contribution >= 4 is 27.8 Å². The molecule has 4 N–H and O–H groups in total. The Balaban J connectivity index is 2.05. The van der Waals surface area contributed by atoms with E-state index in [0.29, 0.717) is 44.2 Å². The van der Waals surface area contributed by atoms with Crippen molar-refractivity contribution < 1.29 is 9.47 Å². The summed E-state index contributed by atoms with van der Waals surface area (Å²) < 4.78 is 14.0. The van der Waals surface area contributed by atoms with Crippen LogP contribution in [0.5, 0.6) is 0 Å². The number of nitrogens with two attached hydrogens (primary N) is 2. The van der Waals surface area contributed by atoms with Crippen LogP contribution >= 0.6 is 0 Å². The quantitative estimate of drug-likeness (QED) is 0.520. The number of hydrogen-bond donors (Lipinski definition) is 2. The molecule has 1 aromatic carbocycles. The highest BCUT2D eigenvalue weighted by atomic mass is 16.5. The van der Waals surface area contributed by atoms with Gasteiger partial charge in [-0.05, 0) is 46.2 Å². The summed E-state index contributed by atoms with van der Waals surface area (Å²) in [7, 11) is 0. The summed E-state index contributed by atoms with van der Waals surface area (Å²) >= 11 is 0. The fourth-order valence-corrected chi connectivity index (χ4v) is 3.40. The molecular weight excluding hydrogens is 354 g/mol. The molecule has 0 amide bonds. The van der Waals surface area contributed by atoms with Gasteiger partial charge in [0.2, 0.25) is 0 Å². The number of benzene rings is 1. The van der Waals surface area contributed by atoms with Gasteiger partial charge in [0, 0.05) is 18.6 Å². The third kappa shape index (κ3) is 4.43. The molecule has 7 heteroatoms. The van der Waals surface area contributed by atoms with E-state index in [-0.39, 0.29) is 5.60 Å². The molecule has 2 aromatic heterocycles. The fourth-order valence-electron chi connectivity index (χ4n) is 3.40. The Morgan fingerprint density at radius 2 is 1.93 bits per heavy atom. The van der Waals surface area contributed by atoms with Gasteiger partial charge in [0.05, 0.1) is 23.2 Å². The average molecular weight is 386 g/mol. The van der Waals surface area contributed by atoms with Gasteiger partial charge in [-0.3, -0.25) is 0 Å². The Hall–Kier alpha value is -2.22. The average Bonchev–Trinajstić information content (AvgIpc) is 3.02. The SMILES string of the molecule is CCOCc1nc2c(N)nc3ccccc3c2n1CC(C)(C)OCCCCN. The Morgan fingerprint density at radius 3 is 2.68 bits per heavy atom. The molecule has 0 unspecified atom stereocenters. The van der Waals surface area contributed by atoms with Crippen LogP contribution in [0.15, 0.2) is 24.3 Å². The van der Waals surface area contributed by atoms with E-state index < -0.39 is 0 Å². The molecule has 0 aliphatic rings. The molecular formula is C21H31N5O2. The van der Waals surface area contributed by atoms with Crippen LogP contribution in [0.25, 0.3) is 21.9 Å². The Bertz CT molecular complexity index is 935. The van der Waals surface area contributed by atoms with Crippen molar-refractivity contribution in [2.24, 2.45) is 5.73 Å². The van der Waals surface area contributed by atoms with Crippen molar-refractivity contribution in [1.29, 1.82) is 0 Å². The van der Waals surface area contributed by atoms with Crippen LogP contribution < -0.4 is 11.5 Å². The van der Waals surface area contributed by atoms with E-state index in [4.69, 9.17) is 25.9 Å². The molecule has 2 heterocycles. The molecule has 0 bridgehead atoms. The Kier molecular flexibility index (Phi) is 6.49. The minimum absolute atomic E-state index is 0.373. The van der Waals surface area contributed by atoms with Crippen molar-refractivity contribution in [3.63, 3.8) is 0 Å². The molecule has 3 aromatic rings. The lowest BCUT2D eigenvalue weighted by molar-refractivity contribution is -0.0312. The minimum atomic E-state index is -0.373. The summed E-state index contributed by atoms with van der Waals surface area (Å²) in [4.78, 5) is 9.30. The molecule has 7 nitrogen and oxygen atoms in total. The first-order valence-corrected chi connectivity index (χ1v) is 9.92. The lowest BCUT2D eigenvalue weighted by Gasteiger charge is -2.27. The fraction of sp³-hybridized carbons (Fsp3) is 0.524. The second kappa shape index (κ2) is 8.86. The van der Waals surface area contributed by atoms with Crippen molar-refractivity contribution in [3.05, 3.63) is 30.1 Å². The number of para-hydroxylation sites is 1. The van der Waals surface area contributed by atoms with Crippen molar-refractivity contribution in [2.75, 3.05) is 25.5 Å². The number of ether oxygens (including phenoxy) is 2. The van der Waals surface area contributed by atoms with E-state index in [0.717, 1.165) is 35.1 Å². The van der Waals surface area contributed by atoms with E-state index >= 15 is 0 Å². The summed E-state index contributed by atoms with van der Waals surface area (Å²) in [5.74, 6) is 1.27. The van der Waals surface area contributed by atoms with E-state index in [1.807, 2.05) is 25.1 Å². The van der Waals surface area contributed by atoms with Gasteiger partial charge >= 0.3 is 0 Å². The number of imidazole rings is 1. The van der Waals surface area contributed by atoms with Gasteiger partial charge in [0.15, 0.2) is 5.82 Å². The number of unbranched alkanes of at least 4 members (excludes halogenated alkanes) is 1. The number of nitrogens with zero attached hydrogens (tertiary/aromatic N) is 3. The predicted octanol–water partition coefficient (Wildman–Crippen LogP) is 3.24. The van der Waals surface area contributed by atoms with Gasteiger partial charge in [-0.2, -0.15) is 0 Å². The van der Waals surface area contributed by atoms with Crippen molar-refractivity contribution in [1.82, 2.24) is 14.5 Å². The number of nitrogen functional groups attached to an aromatic ring is 1. The molecule has 28 heavy (non-hydrogen) atoms. The van der Waals surface area contributed by atoms with Gasteiger partial charge in [-0.25, -0.2) is 9.97 Å². The maximum absolute atomic E-state index is 6.24. The van der Waals surface area contributed by atoms with Gasteiger partial charge in [-0.15, -0.1) is 0 Å². The summed E-state index contributed by atoms with van der Waals surface area (Å²) in [6.07, 6.45) is 1.92. The van der Waals surface area contributed by atoms with Crippen LogP contribution in [0.3, 0.4) is 0 Å². The smallest absolute Gasteiger partial charge is 0.152 e. The van der Waals surface area contributed by atoms with E-state index in [9.17, 15) is 0 Å². The molecule has 0 saturated carbocycles. The van der Waals surface area contributed by atoms with Crippen LogP contribution in [0, 0.1) is 0 Å². The zero-order valence-corrected chi connectivity index (χ0v) is 17.1. The minimum Gasteiger partial charge on any atom is -0.382 e. The number of hydrogen-bond acceptors (Lipinski definition) is 6. The summed E-state index contributed by atoms with van der Waals surface area (Å²) in [6, 6.07) is 8.00. The lowest BCUT2D eigenvalue weighted by atomic mass is 10.1. The van der Waals surface area contributed by atoms with E-state index in [2.05, 4.69) is 29.5 Å². The third-order valence-electron chi connectivity index (χ3n) is 4.75. The molecule has 3 rings (SSSR count).